The minimum Gasteiger partial charge on any atom is -0.496 e. The third-order valence-corrected chi connectivity index (χ3v) is 6.43. The number of nitrogens with one attached hydrogen (secondary N) is 1. The second-order valence-corrected chi connectivity index (χ2v) is 8.61. The average Bonchev–Trinajstić information content (AvgIpc) is 3.21. The molecule has 1 saturated heterocycles. The van der Waals surface area contributed by atoms with Gasteiger partial charge in [-0.15, -0.1) is 0 Å². The molecule has 1 unspecified atom stereocenters. The SMILES string of the molecule is COc1ccc(F)cc1-c1ccc(CN2CCC(NC(=O)C3CCCCC3)C2)cc1. The smallest absolute Gasteiger partial charge is 0.223 e. The number of hydrogen-bond donors (Lipinski definition) is 1. The van der Waals surface area contributed by atoms with Gasteiger partial charge in [0.2, 0.25) is 5.91 Å². The molecule has 160 valence electrons. The molecule has 1 heterocycles. The Bertz CT molecular complexity index is 862. The predicted octanol–water partition coefficient (Wildman–Crippen LogP) is 4.77. The van der Waals surface area contributed by atoms with E-state index < -0.39 is 0 Å². The lowest BCUT2D eigenvalue weighted by Gasteiger charge is -2.23. The van der Waals surface area contributed by atoms with E-state index in [-0.39, 0.29) is 23.7 Å². The molecule has 30 heavy (non-hydrogen) atoms. The number of hydrogen-bond acceptors (Lipinski definition) is 3. The highest BCUT2D eigenvalue weighted by atomic mass is 19.1. The zero-order chi connectivity index (χ0) is 20.9. The van der Waals surface area contributed by atoms with Crippen LogP contribution in [0.25, 0.3) is 11.1 Å². The molecule has 1 N–H and O–H groups in total. The number of likely N-dealkylation sites (tertiary alicyclic amines) is 1. The highest BCUT2D eigenvalue weighted by Gasteiger charge is 2.27. The van der Waals surface area contributed by atoms with Crippen LogP contribution in [0.4, 0.5) is 4.39 Å². The second kappa shape index (κ2) is 9.61. The van der Waals surface area contributed by atoms with Gasteiger partial charge in [-0.1, -0.05) is 43.5 Å². The van der Waals surface area contributed by atoms with Crippen LogP contribution in [0, 0.1) is 11.7 Å². The van der Waals surface area contributed by atoms with Crippen LogP contribution < -0.4 is 10.1 Å². The molecular weight excluding hydrogens is 379 g/mol. The monoisotopic (exact) mass is 410 g/mol. The van der Waals surface area contributed by atoms with E-state index in [2.05, 4.69) is 22.3 Å². The zero-order valence-electron chi connectivity index (χ0n) is 17.7. The molecule has 2 aromatic carbocycles. The van der Waals surface area contributed by atoms with E-state index in [1.807, 2.05) is 12.1 Å². The average molecular weight is 411 g/mol. The van der Waals surface area contributed by atoms with E-state index in [9.17, 15) is 9.18 Å². The first-order chi connectivity index (χ1) is 14.6. The molecule has 4 rings (SSSR count). The Morgan fingerprint density at radius 3 is 2.60 bits per heavy atom. The van der Waals surface area contributed by atoms with Crippen LogP contribution in [0.5, 0.6) is 5.75 Å². The first-order valence-electron chi connectivity index (χ1n) is 11.1. The predicted molar refractivity (Wildman–Crippen MR) is 117 cm³/mol. The Kier molecular flexibility index (Phi) is 6.68. The van der Waals surface area contributed by atoms with Crippen LogP contribution in [0.3, 0.4) is 0 Å². The summed E-state index contributed by atoms with van der Waals surface area (Å²) in [5.74, 6) is 0.878. The molecule has 1 aliphatic heterocycles. The van der Waals surface area contributed by atoms with Crippen molar-refractivity contribution in [3.05, 3.63) is 53.8 Å². The molecule has 2 aliphatic rings. The quantitative estimate of drug-likeness (QED) is 0.746. The standard InChI is InChI=1S/C25H31FN2O2/c1-30-24-12-11-21(26)15-23(24)19-9-7-18(8-10-19)16-28-14-13-22(17-28)27-25(29)20-5-3-2-4-6-20/h7-12,15,20,22H,2-6,13-14,16-17H2,1H3,(H,27,29). The Balaban J connectivity index is 1.32. The van der Waals surface area contributed by atoms with Gasteiger partial charge in [0.05, 0.1) is 7.11 Å². The molecule has 5 heteroatoms. The molecule has 1 aliphatic carbocycles. The second-order valence-electron chi connectivity index (χ2n) is 8.61. The first kappa shape index (κ1) is 20.9. The Morgan fingerprint density at radius 1 is 1.10 bits per heavy atom. The molecule has 2 fully saturated rings. The number of methoxy groups -OCH3 is 1. The van der Waals surface area contributed by atoms with Crippen molar-refractivity contribution in [2.75, 3.05) is 20.2 Å². The molecule has 1 amide bonds. The van der Waals surface area contributed by atoms with E-state index in [4.69, 9.17) is 4.74 Å². The Labute approximate surface area is 178 Å². The van der Waals surface area contributed by atoms with Gasteiger partial charge in [0.25, 0.3) is 0 Å². The highest BCUT2D eigenvalue weighted by molar-refractivity contribution is 5.79. The van der Waals surface area contributed by atoms with E-state index in [0.717, 1.165) is 50.0 Å². The van der Waals surface area contributed by atoms with E-state index in [1.165, 1.54) is 37.0 Å². The molecule has 0 bridgehead atoms. The number of carbonyl (C=O) groups excluding carboxylic acids is 1. The number of nitrogens with zero attached hydrogens (tertiary/aromatic N) is 1. The fraction of sp³-hybridized carbons (Fsp3) is 0.480. The molecular formula is C25H31FN2O2. The number of rotatable bonds is 6. The van der Waals surface area contributed by atoms with E-state index in [1.54, 1.807) is 13.2 Å². The number of amides is 1. The van der Waals surface area contributed by atoms with Gasteiger partial charge in [-0.25, -0.2) is 4.39 Å². The summed E-state index contributed by atoms with van der Waals surface area (Å²) in [6.45, 7) is 2.75. The summed E-state index contributed by atoms with van der Waals surface area (Å²) >= 11 is 0. The maximum Gasteiger partial charge on any atom is 0.223 e. The third kappa shape index (κ3) is 5.01. The summed E-state index contributed by atoms with van der Waals surface area (Å²) in [6, 6.07) is 13.1. The molecule has 4 nitrogen and oxygen atoms in total. The van der Waals surface area contributed by atoms with Gasteiger partial charge in [0.1, 0.15) is 11.6 Å². The van der Waals surface area contributed by atoms with Gasteiger partial charge in [-0.05, 0) is 48.6 Å². The lowest BCUT2D eigenvalue weighted by Crippen LogP contribution is -2.41. The van der Waals surface area contributed by atoms with Gasteiger partial charge in [-0.3, -0.25) is 9.69 Å². The van der Waals surface area contributed by atoms with Gasteiger partial charge >= 0.3 is 0 Å². The van der Waals surface area contributed by atoms with Crippen molar-refractivity contribution in [2.45, 2.75) is 51.1 Å². The third-order valence-electron chi connectivity index (χ3n) is 6.43. The normalized spacial score (nSPS) is 20.3. The molecule has 1 atom stereocenters. The fourth-order valence-electron chi connectivity index (χ4n) is 4.73. The van der Waals surface area contributed by atoms with Gasteiger partial charge in [-0.2, -0.15) is 0 Å². The van der Waals surface area contributed by atoms with E-state index >= 15 is 0 Å². The summed E-state index contributed by atoms with van der Waals surface area (Å²) in [5, 5.41) is 3.28. The van der Waals surface area contributed by atoms with Crippen LogP contribution >= 0.6 is 0 Å². The van der Waals surface area contributed by atoms with Gasteiger partial charge < -0.3 is 10.1 Å². The van der Waals surface area contributed by atoms with Crippen LogP contribution in [-0.2, 0) is 11.3 Å². The topological polar surface area (TPSA) is 41.6 Å². The summed E-state index contributed by atoms with van der Waals surface area (Å²) in [6.07, 6.45) is 6.75. The molecule has 0 spiro atoms. The maximum atomic E-state index is 13.7. The molecule has 0 aromatic heterocycles. The number of carbonyl (C=O) groups is 1. The maximum absolute atomic E-state index is 13.7. The minimum absolute atomic E-state index is 0.222. The number of halogens is 1. The van der Waals surface area contributed by atoms with Crippen molar-refractivity contribution in [1.82, 2.24) is 10.2 Å². The van der Waals surface area contributed by atoms with Gasteiger partial charge in [0, 0.05) is 37.2 Å². The van der Waals surface area contributed by atoms with Crippen molar-refractivity contribution in [3.63, 3.8) is 0 Å². The molecule has 1 saturated carbocycles. The largest absolute Gasteiger partial charge is 0.496 e. The van der Waals surface area contributed by atoms with Gasteiger partial charge in [0.15, 0.2) is 0 Å². The lowest BCUT2D eigenvalue weighted by atomic mass is 9.88. The Morgan fingerprint density at radius 2 is 1.87 bits per heavy atom. The summed E-state index contributed by atoms with van der Waals surface area (Å²) in [5.41, 5.74) is 2.92. The van der Waals surface area contributed by atoms with Crippen LogP contribution in [0.2, 0.25) is 0 Å². The summed E-state index contributed by atoms with van der Waals surface area (Å²) in [7, 11) is 1.60. The van der Waals surface area contributed by atoms with Crippen LogP contribution in [0.1, 0.15) is 44.1 Å². The zero-order valence-corrected chi connectivity index (χ0v) is 17.7. The number of benzene rings is 2. The first-order valence-corrected chi connectivity index (χ1v) is 11.1. The minimum atomic E-state index is -0.270. The van der Waals surface area contributed by atoms with Crippen molar-refractivity contribution < 1.29 is 13.9 Å². The summed E-state index contributed by atoms with van der Waals surface area (Å²) < 4.78 is 19.0. The van der Waals surface area contributed by atoms with Crippen molar-refractivity contribution in [1.29, 1.82) is 0 Å². The van der Waals surface area contributed by atoms with Crippen molar-refractivity contribution in [2.24, 2.45) is 5.92 Å². The molecule has 0 radical (unpaired) electrons. The lowest BCUT2D eigenvalue weighted by molar-refractivity contribution is -0.126. The van der Waals surface area contributed by atoms with Crippen molar-refractivity contribution >= 4 is 5.91 Å². The number of ether oxygens (including phenoxy) is 1. The Hall–Kier alpha value is -2.40. The fourth-order valence-corrected chi connectivity index (χ4v) is 4.73. The van der Waals surface area contributed by atoms with Crippen LogP contribution in [0.15, 0.2) is 42.5 Å². The highest BCUT2D eigenvalue weighted by Crippen LogP contribution is 2.31. The van der Waals surface area contributed by atoms with Crippen molar-refractivity contribution in [3.8, 4) is 16.9 Å². The van der Waals surface area contributed by atoms with E-state index in [0.29, 0.717) is 5.75 Å². The summed E-state index contributed by atoms with van der Waals surface area (Å²) in [4.78, 5) is 14.9. The van der Waals surface area contributed by atoms with Crippen LogP contribution in [-0.4, -0.2) is 37.0 Å². The molecule has 2 aromatic rings.